The van der Waals surface area contributed by atoms with E-state index in [1.807, 2.05) is 49.7 Å². The number of nitrogens with one attached hydrogen (secondary N) is 3. The molecule has 0 radical (unpaired) electrons. The number of aryl methyl sites for hydroxylation is 1. The van der Waals surface area contributed by atoms with E-state index >= 15 is 0 Å². The molecule has 2 aromatic heterocycles. The maximum Gasteiger partial charge on any atom is 0.253 e. The zero-order valence-corrected chi connectivity index (χ0v) is 41.8. The Kier molecular flexibility index (Phi) is 14.4. The third kappa shape index (κ3) is 10.5. The van der Waals surface area contributed by atoms with Crippen molar-refractivity contribution in [2.24, 2.45) is 16.2 Å². The highest BCUT2D eigenvalue weighted by atomic mass is 35.5. The van der Waals surface area contributed by atoms with Crippen molar-refractivity contribution in [1.82, 2.24) is 35.7 Å². The summed E-state index contributed by atoms with van der Waals surface area (Å²) in [6.45, 7) is 18.1. The second-order valence-electron chi connectivity index (χ2n) is 20.4. The molecule has 2 aromatic carbocycles. The molecule has 366 valence electrons. The first-order chi connectivity index (χ1) is 32.8. The van der Waals surface area contributed by atoms with Crippen LogP contribution in [0.3, 0.4) is 0 Å². The van der Waals surface area contributed by atoms with Crippen molar-refractivity contribution in [2.45, 2.75) is 97.7 Å². The lowest BCUT2D eigenvalue weighted by atomic mass is 9.49. The molecule has 3 saturated heterocycles. The molecule has 3 aliphatic heterocycles. The number of anilines is 1. The van der Waals surface area contributed by atoms with E-state index in [1.54, 1.807) is 48.7 Å². The number of aliphatic hydroxyl groups is 1. The van der Waals surface area contributed by atoms with E-state index in [1.165, 1.54) is 4.90 Å². The summed E-state index contributed by atoms with van der Waals surface area (Å²) < 4.78 is 12.0. The van der Waals surface area contributed by atoms with Crippen LogP contribution in [0.25, 0.3) is 10.4 Å². The van der Waals surface area contributed by atoms with Crippen molar-refractivity contribution in [1.29, 1.82) is 5.26 Å². The topological polar surface area (TPSA) is 202 Å². The third-order valence-electron chi connectivity index (χ3n) is 14.4. The van der Waals surface area contributed by atoms with Gasteiger partial charge in [-0.25, -0.2) is 9.97 Å². The highest BCUT2D eigenvalue weighted by molar-refractivity contribution is 7.13. The molecule has 1 aliphatic carbocycles. The quantitative estimate of drug-likeness (QED) is 0.116. The van der Waals surface area contributed by atoms with Crippen LogP contribution in [0.2, 0.25) is 5.02 Å². The predicted molar refractivity (Wildman–Crippen MR) is 263 cm³/mol. The van der Waals surface area contributed by atoms with Crippen LogP contribution >= 0.6 is 22.9 Å². The van der Waals surface area contributed by atoms with Gasteiger partial charge in [0.25, 0.3) is 5.91 Å². The molecule has 0 bridgehead atoms. The number of hydrogen-bond donors (Lipinski definition) is 4. The highest BCUT2D eigenvalue weighted by Crippen LogP contribution is 2.55. The molecule has 0 spiro atoms. The summed E-state index contributed by atoms with van der Waals surface area (Å²) in [5.41, 5.74) is 4.36. The van der Waals surface area contributed by atoms with Crippen LogP contribution in [-0.2, 0) is 19.1 Å². The number of ether oxygens (including phenoxy) is 2. The number of nitriles is 1. The molecule has 18 heteroatoms. The summed E-state index contributed by atoms with van der Waals surface area (Å²) in [5, 5.41) is 29.3. The Morgan fingerprint density at radius 3 is 2.29 bits per heavy atom. The van der Waals surface area contributed by atoms with Gasteiger partial charge in [0.2, 0.25) is 17.7 Å². The van der Waals surface area contributed by atoms with E-state index in [-0.39, 0.29) is 55.3 Å². The maximum absolute atomic E-state index is 13.8. The number of halogens is 1. The van der Waals surface area contributed by atoms with Crippen LogP contribution < -0.4 is 25.6 Å². The van der Waals surface area contributed by atoms with Gasteiger partial charge in [0.05, 0.1) is 57.6 Å². The van der Waals surface area contributed by atoms with Crippen molar-refractivity contribution in [3.63, 3.8) is 0 Å². The normalized spacial score (nSPS) is 23.4. The smallest absolute Gasteiger partial charge is 0.253 e. The van der Waals surface area contributed by atoms with Gasteiger partial charge in [0.1, 0.15) is 35.8 Å². The van der Waals surface area contributed by atoms with Crippen LogP contribution in [0.5, 0.6) is 5.75 Å². The molecule has 4 aliphatic rings. The van der Waals surface area contributed by atoms with Gasteiger partial charge in [-0.1, -0.05) is 63.6 Å². The number of benzene rings is 2. The number of aliphatic hydroxyl groups excluding tert-OH is 1. The van der Waals surface area contributed by atoms with Crippen molar-refractivity contribution in [3.8, 4) is 22.3 Å². The fraction of sp³-hybridized carbons (Fsp3) is 0.510. The monoisotopic (exact) mass is 979 g/mol. The number of amides is 4. The Morgan fingerprint density at radius 2 is 1.70 bits per heavy atom. The van der Waals surface area contributed by atoms with E-state index < -0.39 is 40.3 Å². The second-order valence-corrected chi connectivity index (χ2v) is 21.7. The zero-order valence-electron chi connectivity index (χ0n) is 40.3. The summed E-state index contributed by atoms with van der Waals surface area (Å²) in [5.74, 6) is 0.0755. The lowest BCUT2D eigenvalue weighted by molar-refractivity contribution is -0.164. The molecule has 4 N–H and O–H groups in total. The number of likely N-dealkylation sites (tertiary alicyclic amines) is 1. The molecule has 5 heterocycles. The molecule has 16 nitrogen and oxygen atoms in total. The van der Waals surface area contributed by atoms with E-state index in [0.717, 1.165) is 40.6 Å². The maximum atomic E-state index is 13.8. The summed E-state index contributed by atoms with van der Waals surface area (Å²) in [4.78, 5) is 70.4. The van der Waals surface area contributed by atoms with Crippen LogP contribution in [-0.4, -0.2) is 131 Å². The first-order valence-corrected chi connectivity index (χ1v) is 24.8. The fourth-order valence-corrected chi connectivity index (χ4v) is 11.9. The minimum atomic E-state index is -0.907. The van der Waals surface area contributed by atoms with E-state index in [9.17, 15) is 29.5 Å². The Bertz CT molecular complexity index is 2570. The van der Waals surface area contributed by atoms with Crippen LogP contribution in [0.4, 0.5) is 5.82 Å². The van der Waals surface area contributed by atoms with Crippen molar-refractivity contribution < 1.29 is 33.8 Å². The number of piperazine rings is 1. The van der Waals surface area contributed by atoms with Gasteiger partial charge in [0, 0.05) is 86.7 Å². The lowest BCUT2D eigenvalue weighted by Gasteiger charge is -2.63. The van der Waals surface area contributed by atoms with Gasteiger partial charge in [-0.2, -0.15) is 5.26 Å². The van der Waals surface area contributed by atoms with Crippen molar-refractivity contribution in [3.05, 3.63) is 93.7 Å². The van der Waals surface area contributed by atoms with Gasteiger partial charge >= 0.3 is 0 Å². The van der Waals surface area contributed by atoms with Crippen LogP contribution in [0.1, 0.15) is 87.6 Å². The molecule has 0 unspecified atom stereocenters. The SMILES string of the molecule is Cc1ncsc1-c1ccc([C@H](C)NC(=O)[C@@H]2C[C@@H](O)CN2C(=O)[C@H](C)NC(=O)CC2(CN3CCN(c4ccc(C(=O)NC5C(C)(C)C(Oc6ccc(C#N)c(Cl)c6)C5(C)C)cn4)CC3)COC2)cc1. The lowest BCUT2D eigenvalue weighted by Crippen LogP contribution is -2.74. The summed E-state index contributed by atoms with van der Waals surface area (Å²) in [7, 11) is 0. The number of hydrogen-bond acceptors (Lipinski definition) is 13. The average molecular weight is 981 g/mol. The van der Waals surface area contributed by atoms with Crippen LogP contribution in [0, 0.1) is 34.5 Å². The number of nitrogens with zero attached hydrogens (tertiary/aromatic N) is 6. The van der Waals surface area contributed by atoms with Gasteiger partial charge < -0.3 is 40.3 Å². The Morgan fingerprint density at radius 1 is 0.986 bits per heavy atom. The average Bonchev–Trinajstić information content (AvgIpc) is 3.93. The summed E-state index contributed by atoms with van der Waals surface area (Å²) in [6.07, 6.45) is 0.814. The number of carbonyl (C=O) groups is 4. The largest absolute Gasteiger partial charge is 0.489 e. The van der Waals surface area contributed by atoms with Gasteiger partial charge in [-0.3, -0.25) is 24.1 Å². The standard InChI is InChI=1S/C51H62ClN9O7S/c1-30(33-8-10-34(11-9-33)43-31(2)55-29-69-43)57-45(65)40-20-37(62)25-61(40)46(66)32(3)56-42(63)22-51(27-67-28-51)26-59-16-18-60(19-17-59)41-15-13-36(24-54-41)44(64)58-47-49(4,5)48(50(47,6)7)68-38-14-12-35(23-53)39(52)21-38/h8-15,21,24,29-30,32,37,40,47-48,62H,16-20,22,25-28H2,1-7H3,(H,56,63)(H,57,65)(H,58,64)/t30-,32-,37+,40-,47?,48?/m0/s1. The fourth-order valence-electron chi connectivity index (χ4n) is 10.9. The molecule has 4 aromatic rings. The Labute approximate surface area is 412 Å². The second kappa shape index (κ2) is 20.0. The predicted octanol–water partition coefficient (Wildman–Crippen LogP) is 5.52. The van der Waals surface area contributed by atoms with Crippen LogP contribution in [0.15, 0.2) is 66.3 Å². The first-order valence-electron chi connectivity index (χ1n) is 23.6. The van der Waals surface area contributed by atoms with Gasteiger partial charge in [-0.15, -0.1) is 11.3 Å². The van der Waals surface area contributed by atoms with E-state index in [2.05, 4.69) is 69.5 Å². The van der Waals surface area contributed by atoms with E-state index in [4.69, 9.17) is 21.1 Å². The number of carbonyl (C=O) groups excluding carboxylic acids is 4. The summed E-state index contributed by atoms with van der Waals surface area (Å²) >= 11 is 7.84. The number of pyridine rings is 1. The number of β-amino-alcohol motifs (C(OH)–C–C–N with tert-alkyl or cyclic N) is 1. The Hall–Kier alpha value is -5.64. The molecule has 69 heavy (non-hydrogen) atoms. The third-order valence-corrected chi connectivity index (χ3v) is 15.7. The molecule has 8 rings (SSSR count). The Balaban J connectivity index is 0.784. The van der Waals surface area contributed by atoms with Crippen molar-refractivity contribution >= 4 is 52.4 Å². The van der Waals surface area contributed by atoms with Crippen molar-refractivity contribution in [2.75, 3.05) is 57.4 Å². The molecule has 4 amide bonds. The highest BCUT2D eigenvalue weighted by Gasteiger charge is 2.64. The molecular weight excluding hydrogens is 918 g/mol. The minimum Gasteiger partial charge on any atom is -0.489 e. The van der Waals surface area contributed by atoms with Gasteiger partial charge in [0.15, 0.2) is 0 Å². The molecular formula is C51H62ClN9O7S. The molecule has 4 fully saturated rings. The zero-order chi connectivity index (χ0) is 49.4. The summed E-state index contributed by atoms with van der Waals surface area (Å²) in [6, 6.07) is 16.4. The number of rotatable bonds is 15. The molecule has 4 atom stereocenters. The van der Waals surface area contributed by atoms with E-state index in [0.29, 0.717) is 54.7 Å². The first kappa shape index (κ1) is 49.8. The minimum absolute atomic E-state index is 0.00166. The molecule has 1 saturated carbocycles. The number of aromatic nitrogens is 2. The number of thiazole rings is 1. The van der Waals surface area contributed by atoms with Gasteiger partial charge in [-0.05, 0) is 56.2 Å².